The third-order valence-corrected chi connectivity index (χ3v) is 7.82. The fourth-order valence-corrected chi connectivity index (χ4v) is 6.29. The number of rotatable bonds is 8. The molecule has 0 heterocycles. The van der Waals surface area contributed by atoms with Gasteiger partial charge in [0.05, 0.1) is 0 Å². The normalized spacial score (nSPS) is 25.2. The molecule has 2 aromatic rings. The van der Waals surface area contributed by atoms with Crippen molar-refractivity contribution in [1.82, 2.24) is 4.72 Å². The maximum absolute atomic E-state index is 12.4. The molecule has 1 N–H and O–H groups in total. The van der Waals surface area contributed by atoms with Gasteiger partial charge in [-0.15, -0.1) is 6.58 Å². The molecule has 2 aromatic carbocycles. The molecule has 0 aliphatic heterocycles. The first-order valence-corrected chi connectivity index (χ1v) is 12.1. The van der Waals surface area contributed by atoms with Crippen LogP contribution in [0.4, 0.5) is 0 Å². The quantitative estimate of drug-likeness (QED) is 0.623. The van der Waals surface area contributed by atoms with Crippen LogP contribution in [0.5, 0.6) is 5.75 Å². The van der Waals surface area contributed by atoms with Crippen LogP contribution in [0.3, 0.4) is 0 Å². The van der Waals surface area contributed by atoms with E-state index < -0.39 is 15.6 Å². The van der Waals surface area contributed by atoms with Crippen molar-refractivity contribution in [3.63, 3.8) is 0 Å². The third-order valence-electron chi connectivity index (χ3n) is 6.71. The molecular weight excluding hydrogens is 394 g/mol. The van der Waals surface area contributed by atoms with Crippen molar-refractivity contribution in [3.05, 3.63) is 89.9 Å². The molecule has 0 radical (unpaired) electrons. The van der Waals surface area contributed by atoms with Gasteiger partial charge >= 0.3 is 0 Å². The minimum atomic E-state index is -3.54. The van der Waals surface area contributed by atoms with Gasteiger partial charge in [0.15, 0.2) is 0 Å². The zero-order chi connectivity index (χ0) is 21.2. The van der Waals surface area contributed by atoms with Crippen molar-refractivity contribution in [2.24, 2.45) is 11.8 Å². The number of hydrogen-bond donors (Lipinski definition) is 1. The molecule has 5 heteroatoms. The number of fused-ring (bicyclic) bond motifs is 3. The van der Waals surface area contributed by atoms with Crippen LogP contribution in [0.25, 0.3) is 0 Å². The van der Waals surface area contributed by atoms with Gasteiger partial charge in [-0.25, -0.2) is 13.1 Å². The Morgan fingerprint density at radius 3 is 2.40 bits per heavy atom. The molecule has 2 bridgehead atoms. The minimum absolute atomic E-state index is 0.223. The van der Waals surface area contributed by atoms with E-state index in [1.807, 2.05) is 30.3 Å². The smallest absolute Gasteiger partial charge is 0.233 e. The van der Waals surface area contributed by atoms with Crippen LogP contribution >= 0.6 is 0 Å². The summed E-state index contributed by atoms with van der Waals surface area (Å²) in [5, 5.41) is 1.02. The number of hydrogen-bond acceptors (Lipinski definition) is 3. The Labute approximate surface area is 179 Å². The minimum Gasteiger partial charge on any atom is -0.489 e. The summed E-state index contributed by atoms with van der Waals surface area (Å²) in [7, 11) is -3.54. The standard InChI is InChI=1S/C25H29NO3S/c1-3-14-25(26-30(27,28)4-2)22-11-12-23(25)16-21-17-24(13-10-20(21)15-22)29-18-19-8-6-5-7-9-19/h3-10,13,17,22-23,26H,1-2,11-12,14-16,18H2/t22-,23+,25+/m0/s1. The Balaban J connectivity index is 1.60. The highest BCUT2D eigenvalue weighted by molar-refractivity contribution is 7.92. The Bertz CT molecular complexity index is 1030. The van der Waals surface area contributed by atoms with Crippen LogP contribution in [-0.4, -0.2) is 14.0 Å². The van der Waals surface area contributed by atoms with Gasteiger partial charge in [-0.1, -0.05) is 49.1 Å². The Morgan fingerprint density at radius 2 is 1.73 bits per heavy atom. The number of ether oxygens (including phenoxy) is 1. The summed E-state index contributed by atoms with van der Waals surface area (Å²) in [5.74, 6) is 1.32. The fraction of sp³-hybridized carbons (Fsp3) is 0.360. The van der Waals surface area contributed by atoms with Gasteiger partial charge in [0.2, 0.25) is 10.0 Å². The largest absolute Gasteiger partial charge is 0.489 e. The van der Waals surface area contributed by atoms with Gasteiger partial charge in [0, 0.05) is 10.9 Å². The van der Waals surface area contributed by atoms with Crippen molar-refractivity contribution in [1.29, 1.82) is 0 Å². The summed E-state index contributed by atoms with van der Waals surface area (Å²) >= 11 is 0. The first-order valence-electron chi connectivity index (χ1n) is 10.5. The predicted molar refractivity (Wildman–Crippen MR) is 121 cm³/mol. The van der Waals surface area contributed by atoms with Gasteiger partial charge in [-0.2, -0.15) is 0 Å². The summed E-state index contributed by atoms with van der Waals surface area (Å²) in [4.78, 5) is 0. The summed E-state index contributed by atoms with van der Waals surface area (Å²) in [6.45, 7) is 7.94. The average molecular weight is 424 g/mol. The molecule has 0 amide bonds. The van der Waals surface area contributed by atoms with Gasteiger partial charge < -0.3 is 4.74 Å². The molecule has 4 rings (SSSR count). The number of nitrogens with one attached hydrogen (secondary N) is 1. The van der Waals surface area contributed by atoms with Gasteiger partial charge in [-0.05, 0) is 72.8 Å². The van der Waals surface area contributed by atoms with E-state index in [1.165, 1.54) is 11.1 Å². The Kier molecular flexibility index (Phi) is 5.85. The zero-order valence-electron chi connectivity index (χ0n) is 17.2. The monoisotopic (exact) mass is 423 g/mol. The lowest BCUT2D eigenvalue weighted by atomic mass is 9.77. The van der Waals surface area contributed by atoms with Crippen molar-refractivity contribution in [3.8, 4) is 5.75 Å². The summed E-state index contributed by atoms with van der Waals surface area (Å²) in [6.07, 6.45) is 6.19. The second-order valence-corrected chi connectivity index (χ2v) is 10.1. The Hall–Kier alpha value is -2.37. The van der Waals surface area contributed by atoms with Crippen molar-refractivity contribution >= 4 is 10.0 Å². The summed E-state index contributed by atoms with van der Waals surface area (Å²) in [6, 6.07) is 16.4. The second-order valence-electron chi connectivity index (χ2n) is 8.43. The lowest BCUT2D eigenvalue weighted by molar-refractivity contribution is 0.226. The van der Waals surface area contributed by atoms with Gasteiger partial charge in [0.25, 0.3) is 0 Å². The molecular formula is C25H29NO3S. The molecule has 30 heavy (non-hydrogen) atoms. The molecule has 0 saturated heterocycles. The van der Waals surface area contributed by atoms with Crippen molar-refractivity contribution in [2.45, 2.75) is 44.2 Å². The van der Waals surface area contributed by atoms with E-state index in [0.717, 1.165) is 42.4 Å². The van der Waals surface area contributed by atoms with Gasteiger partial charge in [-0.3, -0.25) is 0 Å². The van der Waals surface area contributed by atoms with Crippen LogP contribution in [0.2, 0.25) is 0 Å². The maximum atomic E-state index is 12.4. The van der Waals surface area contributed by atoms with E-state index in [2.05, 4.69) is 42.1 Å². The first kappa shape index (κ1) is 20.9. The Morgan fingerprint density at radius 1 is 1.03 bits per heavy atom. The lowest BCUT2D eigenvalue weighted by Crippen LogP contribution is -2.54. The van der Waals surface area contributed by atoms with Gasteiger partial charge in [0.1, 0.15) is 12.4 Å². The third kappa shape index (κ3) is 4.09. The van der Waals surface area contributed by atoms with E-state index in [4.69, 9.17) is 4.74 Å². The van der Waals surface area contributed by atoms with E-state index in [0.29, 0.717) is 13.0 Å². The van der Waals surface area contributed by atoms with Crippen molar-refractivity contribution in [2.75, 3.05) is 0 Å². The molecule has 1 saturated carbocycles. The van der Waals surface area contributed by atoms with Crippen LogP contribution in [0, 0.1) is 11.8 Å². The zero-order valence-corrected chi connectivity index (χ0v) is 18.0. The average Bonchev–Trinajstić information content (AvgIpc) is 2.97. The molecule has 1 fully saturated rings. The molecule has 3 atom stereocenters. The molecule has 2 aliphatic rings. The van der Waals surface area contributed by atoms with E-state index in [1.54, 1.807) is 0 Å². The SMILES string of the molecule is C=CC[C@]1(NS(=O)(=O)C=C)[C@@H]2CC[C@H]1Cc1ccc(OCc3ccccc3)cc1C2. The molecule has 2 aliphatic carbocycles. The molecule has 0 unspecified atom stereocenters. The van der Waals surface area contributed by atoms with E-state index >= 15 is 0 Å². The highest BCUT2D eigenvalue weighted by Crippen LogP contribution is 2.50. The summed E-state index contributed by atoms with van der Waals surface area (Å²) < 4.78 is 33.9. The molecule has 0 spiro atoms. The van der Waals surface area contributed by atoms with Crippen LogP contribution in [0.1, 0.15) is 36.0 Å². The highest BCUT2D eigenvalue weighted by atomic mass is 32.2. The topological polar surface area (TPSA) is 55.4 Å². The van der Waals surface area contributed by atoms with Crippen LogP contribution < -0.4 is 9.46 Å². The fourth-order valence-electron chi connectivity index (χ4n) is 5.26. The first-order chi connectivity index (χ1) is 14.5. The van der Waals surface area contributed by atoms with E-state index in [-0.39, 0.29) is 11.8 Å². The molecule has 158 valence electrons. The van der Waals surface area contributed by atoms with Crippen LogP contribution in [-0.2, 0) is 29.5 Å². The van der Waals surface area contributed by atoms with Crippen LogP contribution in [0.15, 0.2) is 73.2 Å². The van der Waals surface area contributed by atoms with Crippen molar-refractivity contribution < 1.29 is 13.2 Å². The van der Waals surface area contributed by atoms with E-state index in [9.17, 15) is 8.42 Å². The molecule has 0 aromatic heterocycles. The lowest BCUT2D eigenvalue weighted by Gasteiger charge is -2.38. The second kappa shape index (κ2) is 8.40. The summed E-state index contributed by atoms with van der Waals surface area (Å²) in [5.41, 5.74) is 3.19. The number of benzene rings is 2. The maximum Gasteiger partial charge on any atom is 0.233 e. The number of sulfonamides is 1. The predicted octanol–water partition coefficient (Wildman–Crippen LogP) is 4.77. The highest BCUT2D eigenvalue weighted by Gasteiger charge is 2.52. The molecule has 4 nitrogen and oxygen atoms in total.